The average Bonchev–Trinajstić information content (AvgIpc) is 3.18. The van der Waals surface area contributed by atoms with Gasteiger partial charge in [0.15, 0.2) is 0 Å². The number of fused-ring (bicyclic) bond motifs is 2. The molecule has 9 heteroatoms. The molecule has 0 aromatic carbocycles. The van der Waals surface area contributed by atoms with Gasteiger partial charge in [0.25, 0.3) is 5.82 Å². The van der Waals surface area contributed by atoms with E-state index in [4.69, 9.17) is 0 Å². The molecule has 4 rings (SSSR count). The van der Waals surface area contributed by atoms with Crippen molar-refractivity contribution in [2.75, 3.05) is 0 Å². The first kappa shape index (κ1) is 16.2. The Balaban J connectivity index is 1.70. The molecule has 3 atom stereocenters. The number of carbonyl (C=O) groups excluding carboxylic acids is 1. The normalized spacial score (nSPS) is 24.0. The number of imidazole rings is 1. The maximum absolute atomic E-state index is 12.2. The molecule has 1 fully saturated rings. The van der Waals surface area contributed by atoms with Gasteiger partial charge in [0.05, 0.1) is 18.1 Å². The zero-order chi connectivity index (χ0) is 17.9. The van der Waals surface area contributed by atoms with Crippen molar-refractivity contribution in [3.8, 4) is 0 Å². The van der Waals surface area contributed by atoms with Crippen molar-refractivity contribution in [1.82, 2.24) is 9.30 Å². The van der Waals surface area contributed by atoms with Gasteiger partial charge in [0.2, 0.25) is 10.7 Å². The molecule has 2 aromatic heterocycles. The first-order chi connectivity index (χ1) is 11.9. The number of thiazole rings is 1. The lowest BCUT2D eigenvalue weighted by Crippen LogP contribution is -2.61. The number of aromatic nitrogens is 2. The summed E-state index contributed by atoms with van der Waals surface area (Å²) in [5, 5.41) is 31.0. The van der Waals surface area contributed by atoms with Crippen LogP contribution in [0.4, 0.5) is 0 Å². The van der Waals surface area contributed by atoms with Crippen LogP contribution in [0.15, 0.2) is 29.0 Å². The maximum Gasteiger partial charge on any atom is 0.352 e. The Morgan fingerprint density at radius 3 is 2.92 bits per heavy atom. The van der Waals surface area contributed by atoms with Gasteiger partial charge in [0, 0.05) is 11.0 Å². The number of rotatable bonds is 5. The zero-order valence-corrected chi connectivity index (χ0v) is 14.3. The molecule has 2 aliphatic heterocycles. The number of aliphatic hydroxyl groups is 2. The zero-order valence-electron chi connectivity index (χ0n) is 13.5. The topological polar surface area (TPSA) is 106 Å². The second kappa shape index (κ2) is 5.65. The number of amides is 1. The van der Waals surface area contributed by atoms with Crippen molar-refractivity contribution in [1.29, 1.82) is 0 Å². The van der Waals surface area contributed by atoms with Crippen LogP contribution in [0.3, 0.4) is 0 Å². The van der Waals surface area contributed by atoms with Crippen molar-refractivity contribution in [2.24, 2.45) is 5.92 Å². The first-order valence-electron chi connectivity index (χ1n) is 7.98. The van der Waals surface area contributed by atoms with Crippen LogP contribution in [0.2, 0.25) is 0 Å². The van der Waals surface area contributed by atoms with E-state index in [1.54, 1.807) is 6.92 Å². The number of carboxylic acids is 1. The highest BCUT2D eigenvalue weighted by atomic mass is 32.1. The van der Waals surface area contributed by atoms with Gasteiger partial charge in [-0.25, -0.2) is 9.36 Å². The molecule has 0 spiro atoms. The van der Waals surface area contributed by atoms with Crippen LogP contribution >= 0.6 is 11.3 Å². The smallest absolute Gasteiger partial charge is 0.352 e. The van der Waals surface area contributed by atoms with Crippen LogP contribution in [-0.4, -0.2) is 48.6 Å². The summed E-state index contributed by atoms with van der Waals surface area (Å²) >= 11 is 1.52. The molecule has 2 aliphatic rings. The fourth-order valence-corrected chi connectivity index (χ4v) is 4.75. The van der Waals surface area contributed by atoms with E-state index in [0.29, 0.717) is 24.4 Å². The summed E-state index contributed by atoms with van der Waals surface area (Å²) in [5.41, 5.74) is 0.643. The summed E-state index contributed by atoms with van der Waals surface area (Å²) in [7, 11) is 0. The minimum Gasteiger partial charge on any atom is -0.477 e. The quantitative estimate of drug-likeness (QED) is 0.500. The highest BCUT2D eigenvalue weighted by Gasteiger charge is 2.56. The standard InChI is InChI=1S/C16H17N3O5S/c1-8(21)13-10-4-9(14(16(23)24)19(10)15(13)22)5-17-6-12-18(2-3-25-12)11(17)7-20/h2-3,6,8,10,13,20-21H,4-5,7H2,1H3/p+1/t8-,10-,13-/m1/s1. The molecule has 1 amide bonds. The fourth-order valence-electron chi connectivity index (χ4n) is 3.96. The van der Waals surface area contributed by atoms with E-state index in [1.165, 1.54) is 16.2 Å². The molecule has 0 radical (unpaired) electrons. The molecule has 8 nitrogen and oxygen atoms in total. The SMILES string of the molecule is C[C@@H](O)[C@H]1C(=O)N2C(C(=O)O)=C(C[n+]3cc4sccn4c3CO)C[C@H]12. The summed E-state index contributed by atoms with van der Waals surface area (Å²) in [6.45, 7) is 1.67. The third kappa shape index (κ3) is 2.23. The van der Waals surface area contributed by atoms with Crippen LogP contribution in [0.5, 0.6) is 0 Å². The number of aliphatic carboxylic acids is 1. The molecular weight excluding hydrogens is 346 g/mol. The summed E-state index contributed by atoms with van der Waals surface area (Å²) in [4.78, 5) is 26.2. The number of aliphatic hydroxyl groups excluding tert-OH is 2. The summed E-state index contributed by atoms with van der Waals surface area (Å²) in [5.74, 6) is -1.37. The van der Waals surface area contributed by atoms with Crippen LogP contribution in [0.25, 0.3) is 4.83 Å². The Morgan fingerprint density at radius 1 is 1.52 bits per heavy atom. The van der Waals surface area contributed by atoms with Crippen LogP contribution in [-0.2, 0) is 22.7 Å². The van der Waals surface area contributed by atoms with Crippen molar-refractivity contribution in [3.05, 3.63) is 34.9 Å². The average molecular weight is 364 g/mol. The molecule has 0 saturated carbocycles. The van der Waals surface area contributed by atoms with E-state index >= 15 is 0 Å². The molecular formula is C16H18N3O5S+. The van der Waals surface area contributed by atoms with E-state index in [0.717, 1.165) is 4.83 Å². The second-order valence-corrected chi connectivity index (χ2v) is 7.37. The minimum atomic E-state index is -1.14. The molecule has 0 bridgehead atoms. The van der Waals surface area contributed by atoms with Gasteiger partial charge >= 0.3 is 5.97 Å². The van der Waals surface area contributed by atoms with Crippen molar-refractivity contribution in [3.63, 3.8) is 0 Å². The predicted molar refractivity (Wildman–Crippen MR) is 86.5 cm³/mol. The van der Waals surface area contributed by atoms with Crippen LogP contribution < -0.4 is 4.57 Å². The monoisotopic (exact) mass is 364 g/mol. The highest BCUT2D eigenvalue weighted by Crippen LogP contribution is 2.43. The molecule has 2 aromatic rings. The maximum atomic E-state index is 12.2. The van der Waals surface area contributed by atoms with Gasteiger partial charge in [-0.2, -0.15) is 4.40 Å². The van der Waals surface area contributed by atoms with Gasteiger partial charge in [-0.1, -0.05) is 11.3 Å². The van der Waals surface area contributed by atoms with Crippen LogP contribution in [0, 0.1) is 5.92 Å². The third-order valence-electron chi connectivity index (χ3n) is 5.04. The molecule has 0 aliphatic carbocycles. The minimum absolute atomic E-state index is 0.0119. The Morgan fingerprint density at radius 2 is 2.28 bits per heavy atom. The lowest BCUT2D eigenvalue weighted by atomic mass is 9.83. The number of carboxylic acid groups (broad SMARTS) is 1. The summed E-state index contributed by atoms with van der Waals surface area (Å²) < 4.78 is 3.68. The first-order valence-corrected chi connectivity index (χ1v) is 8.86. The molecule has 0 unspecified atom stereocenters. The van der Waals surface area contributed by atoms with E-state index in [9.17, 15) is 24.9 Å². The van der Waals surface area contributed by atoms with Gasteiger partial charge in [-0.05, 0) is 13.3 Å². The number of nitrogens with zero attached hydrogens (tertiary/aromatic N) is 3. The highest BCUT2D eigenvalue weighted by molar-refractivity contribution is 7.15. The van der Waals surface area contributed by atoms with Crippen molar-refractivity contribution in [2.45, 2.75) is 38.6 Å². The fraction of sp³-hybridized carbons (Fsp3) is 0.438. The molecule has 132 valence electrons. The van der Waals surface area contributed by atoms with Crippen molar-refractivity contribution >= 4 is 28.0 Å². The number of hydrogen-bond acceptors (Lipinski definition) is 5. The third-order valence-corrected chi connectivity index (χ3v) is 5.84. The number of carbonyl (C=O) groups is 2. The van der Waals surface area contributed by atoms with E-state index in [-0.39, 0.29) is 24.3 Å². The van der Waals surface area contributed by atoms with E-state index in [2.05, 4.69) is 0 Å². The molecule has 3 N–H and O–H groups in total. The van der Waals surface area contributed by atoms with Gasteiger partial charge in [-0.3, -0.25) is 4.79 Å². The second-order valence-electron chi connectivity index (χ2n) is 6.45. The summed E-state index contributed by atoms with van der Waals surface area (Å²) in [6.07, 6.45) is 3.34. The largest absolute Gasteiger partial charge is 0.477 e. The molecule has 1 saturated heterocycles. The Labute approximate surface area is 146 Å². The number of β-lactam (4-membered cyclic amide) rings is 1. The van der Waals surface area contributed by atoms with Gasteiger partial charge < -0.3 is 20.2 Å². The van der Waals surface area contributed by atoms with Crippen molar-refractivity contribution < 1.29 is 29.5 Å². The Hall–Kier alpha value is -2.23. The molecule has 25 heavy (non-hydrogen) atoms. The molecule has 4 heterocycles. The summed E-state index contributed by atoms with van der Waals surface area (Å²) in [6, 6.07) is -0.296. The van der Waals surface area contributed by atoms with E-state index in [1.807, 2.05) is 26.7 Å². The van der Waals surface area contributed by atoms with E-state index < -0.39 is 18.0 Å². The number of hydrogen-bond donors (Lipinski definition) is 3. The lowest BCUT2D eigenvalue weighted by molar-refractivity contribution is -0.697. The predicted octanol–water partition coefficient (Wildman–Crippen LogP) is -0.269. The Kier molecular flexibility index (Phi) is 3.67. The van der Waals surface area contributed by atoms with Crippen LogP contribution in [0.1, 0.15) is 19.2 Å². The Bertz CT molecular complexity index is 912. The van der Waals surface area contributed by atoms with Gasteiger partial charge in [0.1, 0.15) is 31.2 Å². The lowest BCUT2D eigenvalue weighted by Gasteiger charge is -2.44. The van der Waals surface area contributed by atoms with Gasteiger partial charge in [-0.15, -0.1) is 0 Å².